The van der Waals surface area contributed by atoms with Gasteiger partial charge in [-0.2, -0.15) is 0 Å². The van der Waals surface area contributed by atoms with Gasteiger partial charge in [0.15, 0.2) is 0 Å². The maximum absolute atomic E-state index is 12.1. The highest BCUT2D eigenvalue weighted by molar-refractivity contribution is 5.84. The molecule has 0 aliphatic heterocycles. The van der Waals surface area contributed by atoms with Crippen LogP contribution in [-0.4, -0.2) is 30.4 Å². The SMILES string of the molecule is CCCCCCCCCCCCN(C=O)C(=O)NCCCCCCCCCC. The van der Waals surface area contributed by atoms with Crippen LogP contribution >= 0.6 is 0 Å². The van der Waals surface area contributed by atoms with Crippen LogP contribution in [0.5, 0.6) is 0 Å². The van der Waals surface area contributed by atoms with Crippen LogP contribution in [0.15, 0.2) is 0 Å². The number of hydrogen-bond acceptors (Lipinski definition) is 2. The Morgan fingerprint density at radius 3 is 1.46 bits per heavy atom. The Hall–Kier alpha value is -1.06. The minimum Gasteiger partial charge on any atom is -0.338 e. The molecule has 4 heteroatoms. The molecule has 0 aromatic rings. The van der Waals surface area contributed by atoms with E-state index in [0.717, 1.165) is 25.7 Å². The van der Waals surface area contributed by atoms with Gasteiger partial charge in [0, 0.05) is 13.1 Å². The Balaban J connectivity index is 3.49. The monoisotopic (exact) mass is 396 g/mol. The number of nitrogens with one attached hydrogen (secondary N) is 1. The molecule has 28 heavy (non-hydrogen) atoms. The van der Waals surface area contributed by atoms with Crippen LogP contribution < -0.4 is 5.32 Å². The molecule has 0 aromatic heterocycles. The summed E-state index contributed by atoms with van der Waals surface area (Å²) < 4.78 is 0. The second-order valence-electron chi connectivity index (χ2n) is 8.19. The van der Waals surface area contributed by atoms with Crippen molar-refractivity contribution < 1.29 is 9.59 Å². The summed E-state index contributed by atoms with van der Waals surface area (Å²) in [4.78, 5) is 24.5. The number of hydrogen-bond donors (Lipinski definition) is 1. The second kappa shape index (κ2) is 22.2. The summed E-state index contributed by atoms with van der Waals surface area (Å²) in [6.07, 6.45) is 23.3. The maximum atomic E-state index is 12.1. The average Bonchev–Trinajstić information content (AvgIpc) is 2.70. The number of nitrogens with zero attached hydrogens (tertiary/aromatic N) is 1. The van der Waals surface area contributed by atoms with Crippen LogP contribution in [-0.2, 0) is 4.79 Å². The summed E-state index contributed by atoms with van der Waals surface area (Å²) in [5.41, 5.74) is 0. The van der Waals surface area contributed by atoms with Gasteiger partial charge in [0.25, 0.3) is 0 Å². The van der Waals surface area contributed by atoms with Crippen molar-refractivity contribution in [1.29, 1.82) is 0 Å². The van der Waals surface area contributed by atoms with E-state index in [1.807, 2.05) is 0 Å². The number of carbonyl (C=O) groups excluding carboxylic acids is 2. The molecule has 0 atom stereocenters. The quantitative estimate of drug-likeness (QED) is 0.164. The smallest absolute Gasteiger partial charge is 0.323 e. The van der Waals surface area contributed by atoms with Gasteiger partial charge in [-0.1, -0.05) is 117 Å². The first kappa shape index (κ1) is 26.9. The van der Waals surface area contributed by atoms with E-state index in [1.54, 1.807) is 0 Å². The van der Waals surface area contributed by atoms with Crippen molar-refractivity contribution in [1.82, 2.24) is 10.2 Å². The first-order valence-corrected chi connectivity index (χ1v) is 12.3. The van der Waals surface area contributed by atoms with Gasteiger partial charge in [0.05, 0.1) is 0 Å². The van der Waals surface area contributed by atoms with Crippen molar-refractivity contribution in [3.8, 4) is 0 Å². The number of imide groups is 1. The third kappa shape index (κ3) is 18.3. The second-order valence-corrected chi connectivity index (χ2v) is 8.19. The van der Waals surface area contributed by atoms with Gasteiger partial charge in [-0.15, -0.1) is 0 Å². The van der Waals surface area contributed by atoms with Crippen molar-refractivity contribution in [2.75, 3.05) is 13.1 Å². The number of rotatable bonds is 21. The molecule has 0 radical (unpaired) electrons. The molecular formula is C24H48N2O2. The van der Waals surface area contributed by atoms with E-state index in [1.165, 1.54) is 94.8 Å². The van der Waals surface area contributed by atoms with Gasteiger partial charge >= 0.3 is 6.03 Å². The third-order valence-corrected chi connectivity index (χ3v) is 5.45. The van der Waals surface area contributed by atoms with Gasteiger partial charge in [-0.05, 0) is 12.8 Å². The Morgan fingerprint density at radius 1 is 0.643 bits per heavy atom. The minimum atomic E-state index is -0.228. The standard InChI is InChI=1S/C24H48N2O2/c1-3-5-7-9-11-13-14-16-18-20-22-26(23-27)24(28)25-21-19-17-15-12-10-8-6-4-2/h23H,3-22H2,1-2H3,(H,25,28). The van der Waals surface area contributed by atoms with Crippen LogP contribution in [0.1, 0.15) is 129 Å². The molecular weight excluding hydrogens is 348 g/mol. The highest BCUT2D eigenvalue weighted by Gasteiger charge is 2.10. The van der Waals surface area contributed by atoms with Gasteiger partial charge in [0.1, 0.15) is 0 Å². The zero-order valence-electron chi connectivity index (χ0n) is 19.0. The molecule has 0 saturated heterocycles. The summed E-state index contributed by atoms with van der Waals surface area (Å²) in [6.45, 7) is 5.71. The fourth-order valence-electron chi connectivity index (χ4n) is 3.53. The van der Waals surface area contributed by atoms with E-state index >= 15 is 0 Å². The zero-order valence-corrected chi connectivity index (χ0v) is 19.0. The molecule has 0 fully saturated rings. The first-order valence-electron chi connectivity index (χ1n) is 12.3. The lowest BCUT2D eigenvalue weighted by molar-refractivity contribution is -0.115. The van der Waals surface area contributed by atoms with E-state index in [2.05, 4.69) is 19.2 Å². The summed E-state index contributed by atoms with van der Waals surface area (Å²) in [7, 11) is 0. The van der Waals surface area contributed by atoms with Crippen LogP contribution in [0, 0.1) is 0 Å². The molecule has 0 spiro atoms. The number of unbranched alkanes of at least 4 members (excludes halogenated alkanes) is 16. The van der Waals surface area contributed by atoms with Crippen LogP contribution in [0.2, 0.25) is 0 Å². The van der Waals surface area contributed by atoms with Gasteiger partial charge in [-0.3, -0.25) is 9.69 Å². The first-order chi connectivity index (χ1) is 13.8. The molecule has 0 saturated carbocycles. The Kier molecular flexibility index (Phi) is 21.4. The van der Waals surface area contributed by atoms with E-state index < -0.39 is 0 Å². The van der Waals surface area contributed by atoms with E-state index in [0.29, 0.717) is 19.5 Å². The Morgan fingerprint density at radius 2 is 1.04 bits per heavy atom. The molecule has 0 aliphatic rings. The molecule has 0 unspecified atom stereocenters. The molecule has 4 nitrogen and oxygen atoms in total. The molecule has 0 bridgehead atoms. The average molecular weight is 397 g/mol. The highest BCUT2D eigenvalue weighted by Crippen LogP contribution is 2.11. The van der Waals surface area contributed by atoms with Crippen LogP contribution in [0.3, 0.4) is 0 Å². The Bertz CT molecular complexity index is 347. The highest BCUT2D eigenvalue weighted by atomic mass is 16.2. The van der Waals surface area contributed by atoms with E-state index in [9.17, 15) is 9.59 Å². The van der Waals surface area contributed by atoms with Crippen molar-refractivity contribution >= 4 is 12.4 Å². The van der Waals surface area contributed by atoms with Gasteiger partial charge < -0.3 is 5.32 Å². The topological polar surface area (TPSA) is 49.4 Å². The van der Waals surface area contributed by atoms with E-state index in [4.69, 9.17) is 0 Å². The van der Waals surface area contributed by atoms with Gasteiger partial charge in [-0.25, -0.2) is 4.79 Å². The molecule has 0 aromatic carbocycles. The molecule has 0 heterocycles. The van der Waals surface area contributed by atoms with Crippen LogP contribution in [0.25, 0.3) is 0 Å². The summed E-state index contributed by atoms with van der Waals surface area (Å²) >= 11 is 0. The van der Waals surface area contributed by atoms with E-state index in [-0.39, 0.29) is 6.03 Å². The van der Waals surface area contributed by atoms with Crippen LogP contribution in [0.4, 0.5) is 4.79 Å². The fraction of sp³-hybridized carbons (Fsp3) is 0.917. The minimum absolute atomic E-state index is 0.228. The largest absolute Gasteiger partial charge is 0.338 e. The fourth-order valence-corrected chi connectivity index (χ4v) is 3.53. The predicted octanol–water partition coefficient (Wildman–Crippen LogP) is 7.22. The molecule has 3 amide bonds. The molecule has 0 aliphatic carbocycles. The summed E-state index contributed by atoms with van der Waals surface area (Å²) in [5, 5.41) is 2.89. The van der Waals surface area contributed by atoms with Crippen molar-refractivity contribution in [3.63, 3.8) is 0 Å². The lowest BCUT2D eigenvalue weighted by Gasteiger charge is -2.16. The van der Waals surface area contributed by atoms with Crippen molar-refractivity contribution in [3.05, 3.63) is 0 Å². The van der Waals surface area contributed by atoms with Crippen molar-refractivity contribution in [2.45, 2.75) is 129 Å². The third-order valence-electron chi connectivity index (χ3n) is 5.45. The normalized spacial score (nSPS) is 10.8. The van der Waals surface area contributed by atoms with Gasteiger partial charge in [0.2, 0.25) is 6.41 Å². The predicted molar refractivity (Wildman–Crippen MR) is 121 cm³/mol. The van der Waals surface area contributed by atoms with Crippen molar-refractivity contribution in [2.24, 2.45) is 0 Å². The zero-order chi connectivity index (χ0) is 20.7. The number of amides is 3. The molecule has 0 rings (SSSR count). The summed E-state index contributed by atoms with van der Waals surface area (Å²) in [5.74, 6) is 0. The molecule has 1 N–H and O–H groups in total. The number of urea groups is 1. The lowest BCUT2D eigenvalue weighted by atomic mass is 10.1. The Labute approximate surface area is 175 Å². The number of carbonyl (C=O) groups is 2. The summed E-state index contributed by atoms with van der Waals surface area (Å²) in [6, 6.07) is -0.228. The lowest BCUT2D eigenvalue weighted by Crippen LogP contribution is -2.40. The maximum Gasteiger partial charge on any atom is 0.323 e. The molecule has 166 valence electrons.